The summed E-state index contributed by atoms with van der Waals surface area (Å²) in [4.78, 5) is 18.0. The van der Waals surface area contributed by atoms with Crippen LogP contribution in [0.2, 0.25) is 0 Å². The number of methoxy groups -OCH3 is 1. The molecule has 19 heavy (non-hydrogen) atoms. The molecule has 0 saturated carbocycles. The van der Waals surface area contributed by atoms with Gasteiger partial charge < -0.3 is 15.4 Å². The van der Waals surface area contributed by atoms with Crippen LogP contribution in [0, 0.1) is 0 Å². The van der Waals surface area contributed by atoms with Gasteiger partial charge in [-0.25, -0.2) is 4.98 Å². The second-order valence-corrected chi connectivity index (χ2v) is 4.81. The molecule has 1 aromatic carbocycles. The lowest BCUT2D eigenvalue weighted by molar-refractivity contribution is 0.0988. The highest BCUT2D eigenvalue weighted by Gasteiger charge is 2.19. The van der Waals surface area contributed by atoms with Gasteiger partial charge in [0.15, 0.2) is 0 Å². The first-order chi connectivity index (χ1) is 9.17. The first-order valence-corrected chi connectivity index (χ1v) is 6.61. The van der Waals surface area contributed by atoms with Crippen LogP contribution in [0.3, 0.4) is 0 Å². The highest BCUT2D eigenvalue weighted by atomic mass is 32.1. The largest absolute Gasteiger partial charge is 0.495 e. The lowest BCUT2D eigenvalue weighted by Gasteiger charge is -2.18. The van der Waals surface area contributed by atoms with Gasteiger partial charge in [-0.05, 0) is 12.1 Å². The molecule has 1 amide bonds. The van der Waals surface area contributed by atoms with E-state index < -0.39 is 0 Å². The summed E-state index contributed by atoms with van der Waals surface area (Å²) in [5.74, 6) is 0.466. The number of aromatic nitrogens is 1. The highest BCUT2D eigenvalue weighted by Crippen LogP contribution is 2.27. The summed E-state index contributed by atoms with van der Waals surface area (Å²) in [7, 11) is 3.27. The van der Waals surface area contributed by atoms with Crippen LogP contribution in [0.15, 0.2) is 29.6 Å². The van der Waals surface area contributed by atoms with Crippen molar-refractivity contribution in [1.29, 1.82) is 0 Å². The molecule has 5 nitrogen and oxygen atoms in total. The summed E-state index contributed by atoms with van der Waals surface area (Å²) in [5, 5.41) is 2.47. The first-order valence-electron chi connectivity index (χ1n) is 5.73. The van der Waals surface area contributed by atoms with Crippen LogP contribution in [0.25, 0.3) is 0 Å². The number of nitrogens with zero attached hydrogens (tertiary/aromatic N) is 2. The standard InChI is InChI=1S/C13H15N3O2S/c1-16(10-5-3-4-6-11(10)18-2)13(17)9-8-19-12(7-14)15-9/h3-6,8H,7,14H2,1-2H3. The van der Waals surface area contributed by atoms with Crippen LogP contribution in [-0.4, -0.2) is 25.0 Å². The minimum atomic E-state index is -0.180. The minimum Gasteiger partial charge on any atom is -0.495 e. The van der Waals surface area contributed by atoms with Gasteiger partial charge in [0.2, 0.25) is 0 Å². The van der Waals surface area contributed by atoms with Crippen LogP contribution >= 0.6 is 11.3 Å². The Balaban J connectivity index is 2.28. The van der Waals surface area contributed by atoms with Crippen LogP contribution in [0.4, 0.5) is 5.69 Å². The molecule has 1 aromatic heterocycles. The summed E-state index contributed by atoms with van der Waals surface area (Å²) >= 11 is 1.39. The zero-order valence-electron chi connectivity index (χ0n) is 10.8. The van der Waals surface area contributed by atoms with Crippen molar-refractivity contribution in [1.82, 2.24) is 4.98 Å². The first kappa shape index (κ1) is 13.5. The third-order valence-electron chi connectivity index (χ3n) is 2.70. The minimum absolute atomic E-state index is 0.180. The fourth-order valence-electron chi connectivity index (χ4n) is 1.69. The molecule has 0 bridgehead atoms. The number of benzene rings is 1. The molecule has 100 valence electrons. The summed E-state index contributed by atoms with van der Waals surface area (Å²) in [6.07, 6.45) is 0. The van der Waals surface area contributed by atoms with E-state index in [1.165, 1.54) is 16.2 Å². The Kier molecular flexibility index (Phi) is 4.13. The van der Waals surface area contributed by atoms with Crippen LogP contribution < -0.4 is 15.4 Å². The molecule has 0 atom stereocenters. The lowest BCUT2D eigenvalue weighted by Crippen LogP contribution is -2.27. The van der Waals surface area contributed by atoms with Crippen molar-refractivity contribution in [3.63, 3.8) is 0 Å². The number of hydrogen-bond acceptors (Lipinski definition) is 5. The third kappa shape index (κ3) is 2.74. The van der Waals surface area contributed by atoms with Gasteiger partial charge in [0.05, 0.1) is 12.8 Å². The SMILES string of the molecule is COc1ccccc1N(C)C(=O)c1csc(CN)n1. The van der Waals surface area contributed by atoms with Gasteiger partial charge in [-0.3, -0.25) is 4.79 Å². The molecule has 0 aliphatic rings. The maximum absolute atomic E-state index is 12.3. The Morgan fingerprint density at radius 1 is 1.47 bits per heavy atom. The summed E-state index contributed by atoms with van der Waals surface area (Å²) in [6, 6.07) is 7.35. The number of ether oxygens (including phenoxy) is 1. The Morgan fingerprint density at radius 3 is 2.84 bits per heavy atom. The molecule has 2 rings (SSSR count). The Bertz CT molecular complexity index is 583. The summed E-state index contributed by atoms with van der Waals surface area (Å²) < 4.78 is 5.25. The van der Waals surface area contributed by atoms with Crippen molar-refractivity contribution in [2.75, 3.05) is 19.1 Å². The average Bonchev–Trinajstić information content (AvgIpc) is 2.94. The Hall–Kier alpha value is -1.92. The maximum atomic E-state index is 12.3. The van der Waals surface area contributed by atoms with Crippen molar-refractivity contribution in [3.05, 3.63) is 40.3 Å². The predicted octanol–water partition coefficient (Wildman–Crippen LogP) is 1.89. The van der Waals surface area contributed by atoms with Gasteiger partial charge in [0.1, 0.15) is 16.5 Å². The second kappa shape index (κ2) is 5.81. The van der Waals surface area contributed by atoms with Crippen LogP contribution in [0.5, 0.6) is 5.75 Å². The molecule has 2 N–H and O–H groups in total. The van der Waals surface area contributed by atoms with E-state index in [1.807, 2.05) is 24.3 Å². The van der Waals surface area contributed by atoms with Crippen molar-refractivity contribution in [3.8, 4) is 5.75 Å². The number of rotatable bonds is 4. The van der Waals surface area contributed by atoms with Gasteiger partial charge in [-0.15, -0.1) is 11.3 Å². The monoisotopic (exact) mass is 277 g/mol. The molecule has 0 saturated heterocycles. The molecule has 0 unspecified atom stereocenters. The van der Waals surface area contributed by atoms with Crippen LogP contribution in [0.1, 0.15) is 15.5 Å². The van der Waals surface area contributed by atoms with Gasteiger partial charge >= 0.3 is 0 Å². The number of thiazole rings is 1. The van der Waals surface area contributed by atoms with E-state index in [4.69, 9.17) is 10.5 Å². The molecular formula is C13H15N3O2S. The lowest BCUT2D eigenvalue weighted by atomic mass is 10.2. The van der Waals surface area contributed by atoms with Gasteiger partial charge in [0, 0.05) is 19.0 Å². The highest BCUT2D eigenvalue weighted by molar-refractivity contribution is 7.09. The molecule has 0 radical (unpaired) electrons. The molecular weight excluding hydrogens is 262 g/mol. The smallest absolute Gasteiger partial charge is 0.277 e. The summed E-state index contributed by atoms with van der Waals surface area (Å²) in [5.41, 5.74) is 6.61. The molecule has 0 aliphatic heterocycles. The van der Waals surface area contributed by atoms with Gasteiger partial charge in [-0.2, -0.15) is 0 Å². The van der Waals surface area contributed by atoms with Crippen molar-refractivity contribution in [2.45, 2.75) is 6.54 Å². The number of hydrogen-bond donors (Lipinski definition) is 1. The second-order valence-electron chi connectivity index (χ2n) is 3.87. The van der Waals surface area contributed by atoms with E-state index in [0.717, 1.165) is 5.01 Å². The Morgan fingerprint density at radius 2 is 2.21 bits per heavy atom. The molecule has 0 aliphatic carbocycles. The molecule has 6 heteroatoms. The van der Waals surface area contributed by atoms with E-state index in [2.05, 4.69) is 4.98 Å². The number of nitrogens with two attached hydrogens (primary N) is 1. The normalized spacial score (nSPS) is 10.3. The van der Waals surface area contributed by atoms with E-state index in [0.29, 0.717) is 23.7 Å². The zero-order chi connectivity index (χ0) is 13.8. The van der Waals surface area contributed by atoms with Gasteiger partial charge in [0.25, 0.3) is 5.91 Å². The molecule has 0 spiro atoms. The van der Waals surface area contributed by atoms with Crippen molar-refractivity contribution in [2.24, 2.45) is 5.73 Å². The van der Waals surface area contributed by atoms with E-state index in [9.17, 15) is 4.79 Å². The molecule has 2 aromatic rings. The number of para-hydroxylation sites is 2. The molecule has 1 heterocycles. The van der Waals surface area contributed by atoms with Crippen molar-refractivity contribution >= 4 is 22.9 Å². The van der Waals surface area contributed by atoms with Gasteiger partial charge in [-0.1, -0.05) is 12.1 Å². The number of anilines is 1. The maximum Gasteiger partial charge on any atom is 0.277 e. The number of amides is 1. The predicted molar refractivity (Wildman–Crippen MR) is 75.7 cm³/mol. The topological polar surface area (TPSA) is 68.5 Å². The van der Waals surface area contributed by atoms with Crippen LogP contribution in [-0.2, 0) is 6.54 Å². The number of carbonyl (C=O) groups excluding carboxylic acids is 1. The number of carbonyl (C=O) groups is 1. The van der Waals surface area contributed by atoms with E-state index in [1.54, 1.807) is 19.5 Å². The average molecular weight is 277 g/mol. The quantitative estimate of drug-likeness (QED) is 0.926. The third-order valence-corrected chi connectivity index (χ3v) is 3.57. The fraction of sp³-hybridized carbons (Fsp3) is 0.231. The Labute approximate surface area is 115 Å². The van der Waals surface area contributed by atoms with E-state index in [-0.39, 0.29) is 5.91 Å². The van der Waals surface area contributed by atoms with E-state index >= 15 is 0 Å². The van der Waals surface area contributed by atoms with Crippen molar-refractivity contribution < 1.29 is 9.53 Å². The molecule has 0 fully saturated rings. The summed E-state index contributed by atoms with van der Waals surface area (Å²) in [6.45, 7) is 0.344. The fourth-order valence-corrected chi connectivity index (χ4v) is 2.34. The zero-order valence-corrected chi connectivity index (χ0v) is 11.6.